The summed E-state index contributed by atoms with van der Waals surface area (Å²) in [5.41, 5.74) is 3.19. The van der Waals surface area contributed by atoms with E-state index in [0.29, 0.717) is 35.7 Å². The molecular formula is C21H22ClNO5S. The normalized spacial score (nSPS) is 20.2. The highest BCUT2D eigenvalue weighted by atomic mass is 35.5. The third-order valence-electron chi connectivity index (χ3n) is 5.33. The summed E-state index contributed by atoms with van der Waals surface area (Å²) in [4.78, 5) is -0.0243. The van der Waals surface area contributed by atoms with Crippen molar-refractivity contribution in [1.82, 2.24) is 5.32 Å². The van der Waals surface area contributed by atoms with E-state index in [-0.39, 0.29) is 17.0 Å². The van der Waals surface area contributed by atoms with Crippen molar-refractivity contribution in [1.29, 1.82) is 0 Å². The van der Waals surface area contributed by atoms with Gasteiger partial charge in [0.15, 0.2) is 0 Å². The van der Waals surface area contributed by atoms with E-state index in [9.17, 15) is 13.0 Å². The number of piperidine rings is 1. The van der Waals surface area contributed by atoms with Gasteiger partial charge in [-0.3, -0.25) is 9.87 Å². The lowest BCUT2D eigenvalue weighted by atomic mass is 9.88. The third kappa shape index (κ3) is 4.34. The number of nitrogens with one attached hydrogen (secondary N) is 1. The van der Waals surface area contributed by atoms with Crippen LogP contribution in [0.2, 0.25) is 5.02 Å². The van der Waals surface area contributed by atoms with Gasteiger partial charge in [0, 0.05) is 10.9 Å². The second kappa shape index (κ2) is 8.08. The van der Waals surface area contributed by atoms with Crippen LogP contribution in [-0.4, -0.2) is 25.7 Å². The maximum atomic E-state index is 11.8. The molecule has 2 aromatic carbocycles. The quantitative estimate of drug-likeness (QED) is 0.567. The van der Waals surface area contributed by atoms with Crippen LogP contribution in [0, 0.1) is 6.92 Å². The predicted molar refractivity (Wildman–Crippen MR) is 111 cm³/mol. The van der Waals surface area contributed by atoms with Gasteiger partial charge in [-0.2, -0.15) is 8.42 Å². The minimum Gasteiger partial charge on any atom is -0.464 e. The van der Waals surface area contributed by atoms with Crippen molar-refractivity contribution in [3.8, 4) is 0 Å². The first kappa shape index (κ1) is 20.4. The number of halogens is 1. The van der Waals surface area contributed by atoms with Gasteiger partial charge >= 0.3 is 0 Å². The number of hydrogen-bond donors (Lipinski definition) is 2. The van der Waals surface area contributed by atoms with Crippen LogP contribution in [0.25, 0.3) is 11.0 Å². The van der Waals surface area contributed by atoms with Crippen molar-refractivity contribution in [2.75, 3.05) is 6.54 Å². The Balaban J connectivity index is 1.52. The van der Waals surface area contributed by atoms with Crippen molar-refractivity contribution < 1.29 is 22.1 Å². The molecule has 2 N–H and O–H groups in total. The second-order valence-electron chi connectivity index (χ2n) is 7.36. The largest absolute Gasteiger partial charge is 0.464 e. The molecule has 8 heteroatoms. The molecule has 154 valence electrons. The Morgan fingerprint density at radius 1 is 1.28 bits per heavy atom. The van der Waals surface area contributed by atoms with Gasteiger partial charge in [0.05, 0.1) is 22.8 Å². The monoisotopic (exact) mass is 435 g/mol. The Morgan fingerprint density at radius 3 is 2.90 bits per heavy atom. The Labute approximate surface area is 174 Å². The highest BCUT2D eigenvalue weighted by Crippen LogP contribution is 2.34. The van der Waals surface area contributed by atoms with Crippen molar-refractivity contribution in [3.63, 3.8) is 0 Å². The highest BCUT2D eigenvalue weighted by molar-refractivity contribution is 7.85. The van der Waals surface area contributed by atoms with Crippen molar-refractivity contribution >= 4 is 32.7 Å². The van der Waals surface area contributed by atoms with Gasteiger partial charge in [0.25, 0.3) is 10.1 Å². The first-order chi connectivity index (χ1) is 13.8. The fraction of sp³-hybridized carbons (Fsp3) is 0.333. The summed E-state index contributed by atoms with van der Waals surface area (Å²) >= 11 is 6.19. The Morgan fingerprint density at radius 2 is 2.10 bits per heavy atom. The zero-order chi connectivity index (χ0) is 20.6. The lowest BCUT2D eigenvalue weighted by Crippen LogP contribution is -2.39. The summed E-state index contributed by atoms with van der Waals surface area (Å²) in [5.74, 6) is -0.0353. The zero-order valence-electron chi connectivity index (χ0n) is 15.9. The minimum atomic E-state index is -4.28. The molecule has 0 radical (unpaired) electrons. The van der Waals surface area contributed by atoms with Crippen LogP contribution >= 0.6 is 11.6 Å². The van der Waals surface area contributed by atoms with Gasteiger partial charge in [-0.15, -0.1) is 0 Å². The number of furan rings is 1. The molecule has 2 heterocycles. The molecule has 1 fully saturated rings. The summed E-state index contributed by atoms with van der Waals surface area (Å²) in [6.45, 7) is 2.93. The van der Waals surface area contributed by atoms with Crippen LogP contribution in [0.5, 0.6) is 0 Å². The highest BCUT2D eigenvalue weighted by Gasteiger charge is 2.28. The molecule has 2 atom stereocenters. The summed E-state index contributed by atoms with van der Waals surface area (Å²) in [6, 6.07) is 10.5. The molecule has 0 saturated carbocycles. The summed E-state index contributed by atoms with van der Waals surface area (Å²) in [5, 5.41) is 4.80. The molecule has 3 aromatic rings. The maximum absolute atomic E-state index is 11.8. The predicted octanol–water partition coefficient (Wildman–Crippen LogP) is 4.65. The van der Waals surface area contributed by atoms with E-state index in [0.717, 1.165) is 22.9 Å². The second-order valence-corrected chi connectivity index (χ2v) is 9.16. The van der Waals surface area contributed by atoms with Crippen LogP contribution in [0.15, 0.2) is 52.0 Å². The van der Waals surface area contributed by atoms with Crippen molar-refractivity contribution in [3.05, 3.63) is 64.4 Å². The van der Waals surface area contributed by atoms with Crippen LogP contribution in [0.1, 0.15) is 35.4 Å². The molecule has 1 aliphatic heterocycles. The van der Waals surface area contributed by atoms with E-state index in [2.05, 4.69) is 5.32 Å². The molecule has 0 bridgehead atoms. The topological polar surface area (TPSA) is 88.8 Å². The van der Waals surface area contributed by atoms with Crippen LogP contribution < -0.4 is 5.32 Å². The molecule has 1 aromatic heterocycles. The molecular weight excluding hydrogens is 414 g/mol. The number of hydrogen-bond acceptors (Lipinski definition) is 5. The molecule has 1 aliphatic rings. The fourth-order valence-corrected chi connectivity index (χ4v) is 4.87. The third-order valence-corrected chi connectivity index (χ3v) is 6.59. The SMILES string of the molecule is Cc1ccc(S(=O)(=O)O)c(C2CCNC(OCc3ccc(Cl)c4ccoc34)C2)c1. The Bertz CT molecular complexity index is 1140. The van der Waals surface area contributed by atoms with Gasteiger partial charge in [0.2, 0.25) is 0 Å². The minimum absolute atomic E-state index is 0.0243. The number of benzene rings is 2. The van der Waals surface area contributed by atoms with E-state index in [1.807, 2.05) is 31.2 Å². The van der Waals surface area contributed by atoms with E-state index in [4.69, 9.17) is 20.8 Å². The number of ether oxygens (including phenoxy) is 1. The van der Waals surface area contributed by atoms with E-state index in [1.165, 1.54) is 6.07 Å². The van der Waals surface area contributed by atoms with E-state index < -0.39 is 10.1 Å². The van der Waals surface area contributed by atoms with Crippen LogP contribution in [-0.2, 0) is 21.5 Å². The molecule has 0 spiro atoms. The first-order valence-corrected chi connectivity index (χ1v) is 11.2. The molecule has 4 rings (SSSR count). The zero-order valence-corrected chi connectivity index (χ0v) is 17.5. The molecule has 29 heavy (non-hydrogen) atoms. The van der Waals surface area contributed by atoms with E-state index >= 15 is 0 Å². The summed E-state index contributed by atoms with van der Waals surface area (Å²) in [6.07, 6.45) is 2.71. The summed E-state index contributed by atoms with van der Waals surface area (Å²) < 4.78 is 44.9. The number of aryl methyl sites for hydroxylation is 1. The molecule has 2 unspecified atom stereocenters. The number of rotatable bonds is 5. The van der Waals surface area contributed by atoms with Crippen LogP contribution in [0.4, 0.5) is 0 Å². The lowest BCUT2D eigenvalue weighted by molar-refractivity contribution is -0.00404. The average molecular weight is 436 g/mol. The van der Waals surface area contributed by atoms with Gasteiger partial charge in [-0.05, 0) is 56.0 Å². The summed E-state index contributed by atoms with van der Waals surface area (Å²) in [7, 11) is -4.28. The smallest absolute Gasteiger partial charge is 0.294 e. The first-order valence-electron chi connectivity index (χ1n) is 9.40. The van der Waals surface area contributed by atoms with Gasteiger partial charge in [-0.1, -0.05) is 35.4 Å². The van der Waals surface area contributed by atoms with Crippen LogP contribution in [0.3, 0.4) is 0 Å². The molecule has 6 nitrogen and oxygen atoms in total. The lowest BCUT2D eigenvalue weighted by Gasteiger charge is -2.31. The van der Waals surface area contributed by atoms with Gasteiger partial charge < -0.3 is 9.15 Å². The van der Waals surface area contributed by atoms with Crippen molar-refractivity contribution in [2.45, 2.75) is 43.4 Å². The molecule has 1 saturated heterocycles. The molecule has 0 aliphatic carbocycles. The Hall–Kier alpha value is -1.90. The van der Waals surface area contributed by atoms with Gasteiger partial charge in [-0.25, -0.2) is 0 Å². The van der Waals surface area contributed by atoms with E-state index in [1.54, 1.807) is 12.3 Å². The maximum Gasteiger partial charge on any atom is 0.294 e. The fourth-order valence-electron chi connectivity index (χ4n) is 3.90. The number of fused-ring (bicyclic) bond motifs is 1. The Kier molecular flexibility index (Phi) is 5.68. The van der Waals surface area contributed by atoms with Crippen molar-refractivity contribution in [2.24, 2.45) is 0 Å². The average Bonchev–Trinajstić information content (AvgIpc) is 3.18. The molecule has 0 amide bonds. The standard InChI is InChI=1S/C21H22ClNO5S/c1-13-2-5-19(29(24,25)26)17(10-13)14-6-8-23-20(11-14)28-12-15-3-4-18(22)16-7-9-27-21(15)16/h2-5,7,9-10,14,20,23H,6,8,11-12H2,1H3,(H,24,25,26). The van der Waals surface area contributed by atoms with Gasteiger partial charge in [0.1, 0.15) is 11.8 Å².